The summed E-state index contributed by atoms with van der Waals surface area (Å²) in [5.74, 6) is 0. The molecule has 1 N–H and O–H groups in total. The highest BCUT2D eigenvalue weighted by Gasteiger charge is 2.16. The molecule has 2 heterocycles. The lowest BCUT2D eigenvalue weighted by Crippen LogP contribution is -2.38. The number of carbonyl (C=O) groups excluding carboxylic acids is 1. The number of ether oxygens (including phenoxy) is 1. The zero-order valence-corrected chi connectivity index (χ0v) is 16.9. The smallest absolute Gasteiger partial charge is 0.339 e. The Morgan fingerprint density at radius 3 is 2.61 bits per heavy atom. The first kappa shape index (κ1) is 20.4. The second-order valence-electron chi connectivity index (χ2n) is 7.01. The molecule has 1 fully saturated rings. The van der Waals surface area contributed by atoms with Crippen molar-refractivity contribution in [2.75, 3.05) is 51.3 Å². The Morgan fingerprint density at radius 2 is 1.93 bits per heavy atom. The molecular weight excluding hydrogens is 358 g/mol. The number of rotatable bonds is 6. The van der Waals surface area contributed by atoms with Crippen LogP contribution < -0.4 is 10.9 Å². The molecule has 152 valence electrons. The van der Waals surface area contributed by atoms with E-state index in [2.05, 4.69) is 10.2 Å². The molecule has 7 heteroatoms. The van der Waals surface area contributed by atoms with Gasteiger partial charge in [-0.2, -0.15) is 0 Å². The Kier molecular flexibility index (Phi) is 6.70. The van der Waals surface area contributed by atoms with Gasteiger partial charge in [0, 0.05) is 55.4 Å². The van der Waals surface area contributed by atoms with Crippen molar-refractivity contribution >= 4 is 22.7 Å². The normalized spacial score (nSPS) is 15.0. The first-order valence-corrected chi connectivity index (χ1v) is 9.95. The van der Waals surface area contributed by atoms with Crippen LogP contribution in [0.15, 0.2) is 27.4 Å². The summed E-state index contributed by atoms with van der Waals surface area (Å²) >= 11 is 0. The topological polar surface area (TPSA) is 75.0 Å². The summed E-state index contributed by atoms with van der Waals surface area (Å²) in [5.41, 5.74) is 2.48. The van der Waals surface area contributed by atoms with E-state index in [1.807, 2.05) is 32.9 Å². The zero-order valence-electron chi connectivity index (χ0n) is 16.9. The van der Waals surface area contributed by atoms with Crippen LogP contribution in [0.5, 0.6) is 0 Å². The molecular formula is C21H29N3O4. The molecule has 1 aliphatic heterocycles. The van der Waals surface area contributed by atoms with Crippen molar-refractivity contribution in [1.82, 2.24) is 9.80 Å². The van der Waals surface area contributed by atoms with Gasteiger partial charge in [0.05, 0.1) is 13.2 Å². The molecule has 0 aliphatic carbocycles. The molecule has 0 radical (unpaired) electrons. The fourth-order valence-electron chi connectivity index (χ4n) is 3.57. The van der Waals surface area contributed by atoms with Gasteiger partial charge in [-0.15, -0.1) is 0 Å². The van der Waals surface area contributed by atoms with Crippen molar-refractivity contribution in [2.45, 2.75) is 27.2 Å². The van der Waals surface area contributed by atoms with Crippen LogP contribution in [-0.2, 0) is 11.2 Å². The number of hydrogen-bond donors (Lipinski definition) is 1. The molecule has 1 aromatic heterocycles. The Labute approximate surface area is 165 Å². The number of urea groups is 1. The van der Waals surface area contributed by atoms with Crippen molar-refractivity contribution in [1.29, 1.82) is 0 Å². The molecule has 2 amide bonds. The zero-order chi connectivity index (χ0) is 20.1. The summed E-state index contributed by atoms with van der Waals surface area (Å²) in [5, 5.41) is 3.76. The molecule has 3 rings (SSSR count). The number of carbonyl (C=O) groups is 1. The minimum absolute atomic E-state index is 0.162. The second-order valence-corrected chi connectivity index (χ2v) is 7.01. The molecule has 7 nitrogen and oxygen atoms in total. The van der Waals surface area contributed by atoms with Crippen LogP contribution in [0.4, 0.5) is 10.5 Å². The summed E-state index contributed by atoms with van der Waals surface area (Å²) in [4.78, 5) is 28.8. The first-order valence-electron chi connectivity index (χ1n) is 9.95. The molecule has 1 aromatic carbocycles. The lowest BCUT2D eigenvalue weighted by molar-refractivity contribution is 0.0383. The highest BCUT2D eigenvalue weighted by Crippen LogP contribution is 2.23. The lowest BCUT2D eigenvalue weighted by atomic mass is 10.0. The van der Waals surface area contributed by atoms with E-state index in [1.165, 1.54) is 0 Å². The predicted molar refractivity (Wildman–Crippen MR) is 110 cm³/mol. The maximum Gasteiger partial charge on any atom is 0.339 e. The third kappa shape index (κ3) is 4.54. The van der Waals surface area contributed by atoms with Crippen molar-refractivity contribution in [3.8, 4) is 0 Å². The quantitative estimate of drug-likeness (QED) is 0.772. The lowest BCUT2D eigenvalue weighted by Gasteiger charge is -2.26. The van der Waals surface area contributed by atoms with E-state index in [9.17, 15) is 9.59 Å². The minimum Gasteiger partial charge on any atom is -0.422 e. The van der Waals surface area contributed by atoms with Crippen LogP contribution in [0.1, 0.15) is 25.0 Å². The highest BCUT2D eigenvalue weighted by molar-refractivity contribution is 5.92. The van der Waals surface area contributed by atoms with Crippen molar-refractivity contribution in [2.24, 2.45) is 0 Å². The largest absolute Gasteiger partial charge is 0.422 e. The number of morpholine rings is 1. The van der Waals surface area contributed by atoms with E-state index in [0.717, 1.165) is 49.4 Å². The van der Waals surface area contributed by atoms with Crippen LogP contribution in [0.25, 0.3) is 11.0 Å². The molecule has 0 atom stereocenters. The minimum atomic E-state index is -0.300. The van der Waals surface area contributed by atoms with Crippen LogP contribution >= 0.6 is 0 Å². The number of anilines is 1. The summed E-state index contributed by atoms with van der Waals surface area (Å²) in [6.07, 6.45) is 0.657. The molecule has 0 unspecified atom stereocenters. The average Bonchev–Trinajstić information content (AvgIpc) is 2.69. The molecule has 1 aliphatic rings. The molecule has 0 saturated carbocycles. The van der Waals surface area contributed by atoms with Gasteiger partial charge in [0.25, 0.3) is 0 Å². The number of nitrogens with one attached hydrogen (secondary N) is 1. The fourth-order valence-corrected chi connectivity index (χ4v) is 3.57. The molecule has 28 heavy (non-hydrogen) atoms. The maximum atomic E-state index is 12.6. The monoisotopic (exact) mass is 387 g/mol. The van der Waals surface area contributed by atoms with Crippen molar-refractivity contribution < 1.29 is 13.9 Å². The maximum absolute atomic E-state index is 12.6. The van der Waals surface area contributed by atoms with E-state index in [-0.39, 0.29) is 11.7 Å². The third-order valence-electron chi connectivity index (χ3n) is 5.37. The van der Waals surface area contributed by atoms with Gasteiger partial charge < -0.3 is 19.4 Å². The summed E-state index contributed by atoms with van der Waals surface area (Å²) < 4.78 is 11.0. The molecule has 2 aromatic rings. The average molecular weight is 387 g/mol. The third-order valence-corrected chi connectivity index (χ3v) is 5.37. The van der Waals surface area contributed by atoms with Gasteiger partial charge in [0.1, 0.15) is 5.58 Å². The first-order chi connectivity index (χ1) is 13.5. The summed E-state index contributed by atoms with van der Waals surface area (Å²) in [7, 11) is 0. The molecule has 0 spiro atoms. The van der Waals surface area contributed by atoms with E-state index in [0.29, 0.717) is 30.8 Å². The number of nitrogens with zero attached hydrogens (tertiary/aromatic N) is 2. The second kappa shape index (κ2) is 9.21. The van der Waals surface area contributed by atoms with Crippen LogP contribution in [-0.4, -0.2) is 61.8 Å². The molecule has 1 saturated heterocycles. The predicted octanol–water partition coefficient (Wildman–Crippen LogP) is 2.85. The number of hydrogen-bond acceptors (Lipinski definition) is 5. The van der Waals surface area contributed by atoms with Crippen molar-refractivity contribution in [3.05, 3.63) is 39.7 Å². The summed E-state index contributed by atoms with van der Waals surface area (Å²) in [6.45, 7) is 11.2. The number of amides is 2. The van der Waals surface area contributed by atoms with Gasteiger partial charge in [0.15, 0.2) is 0 Å². The van der Waals surface area contributed by atoms with Gasteiger partial charge in [-0.25, -0.2) is 9.59 Å². The Balaban J connectivity index is 1.79. The fraction of sp³-hybridized carbons (Fsp3) is 0.524. The van der Waals surface area contributed by atoms with Gasteiger partial charge in [-0.1, -0.05) is 0 Å². The standard InChI is InChI=1S/C21H29N3O4/c1-4-24(5-2)21(26)22-16-6-7-17-15(3)18(20(25)28-19(17)14-16)8-9-23-10-12-27-13-11-23/h6-7,14H,4-5,8-13H2,1-3H3,(H,22,26). The van der Waals surface area contributed by atoms with E-state index < -0.39 is 0 Å². The Hall–Kier alpha value is -2.38. The Morgan fingerprint density at radius 1 is 1.21 bits per heavy atom. The number of fused-ring (bicyclic) bond motifs is 1. The molecule has 0 bridgehead atoms. The van der Waals surface area contributed by atoms with Gasteiger partial charge in [-0.3, -0.25) is 4.90 Å². The number of aryl methyl sites for hydroxylation is 1. The van der Waals surface area contributed by atoms with E-state index in [4.69, 9.17) is 9.15 Å². The SMILES string of the molecule is CCN(CC)C(=O)Nc1ccc2c(C)c(CCN3CCOCC3)c(=O)oc2c1. The van der Waals surface area contributed by atoms with Gasteiger partial charge >= 0.3 is 11.7 Å². The van der Waals surface area contributed by atoms with E-state index >= 15 is 0 Å². The van der Waals surface area contributed by atoms with Crippen molar-refractivity contribution in [3.63, 3.8) is 0 Å². The van der Waals surface area contributed by atoms with E-state index in [1.54, 1.807) is 11.0 Å². The van der Waals surface area contributed by atoms with Gasteiger partial charge in [0.2, 0.25) is 0 Å². The van der Waals surface area contributed by atoms with Crippen LogP contribution in [0, 0.1) is 6.92 Å². The highest BCUT2D eigenvalue weighted by atomic mass is 16.5. The van der Waals surface area contributed by atoms with Crippen LogP contribution in [0.2, 0.25) is 0 Å². The Bertz CT molecular complexity index is 883. The van der Waals surface area contributed by atoms with Gasteiger partial charge in [-0.05, 0) is 44.9 Å². The number of benzene rings is 1. The van der Waals surface area contributed by atoms with Crippen LogP contribution in [0.3, 0.4) is 0 Å². The summed E-state index contributed by atoms with van der Waals surface area (Å²) in [6, 6.07) is 5.31.